The fraction of sp³-hybridized carbons (Fsp3) is 0.423. The topological polar surface area (TPSA) is 195 Å². The Hall–Kier alpha value is -4.35. The summed E-state index contributed by atoms with van der Waals surface area (Å²) in [7, 11) is 0. The van der Waals surface area contributed by atoms with Crippen LogP contribution >= 0.6 is 22.7 Å². The van der Waals surface area contributed by atoms with Gasteiger partial charge in [0.25, 0.3) is 0 Å². The van der Waals surface area contributed by atoms with Crippen molar-refractivity contribution in [1.29, 1.82) is 0 Å². The molecule has 43 heavy (non-hydrogen) atoms. The van der Waals surface area contributed by atoms with Crippen LogP contribution in [-0.2, 0) is 42.9 Å². The molecule has 3 aromatic heterocycles. The van der Waals surface area contributed by atoms with Gasteiger partial charge in [-0.2, -0.15) is 0 Å². The summed E-state index contributed by atoms with van der Waals surface area (Å²) in [5.41, 5.74) is 0.948. The molecular weight excluding hydrogens is 606 g/mol. The molecule has 228 valence electrons. The molecule has 0 aliphatic carbocycles. The number of aryl methyl sites for hydroxylation is 1. The number of nitrogens with one attached hydrogen (secondary N) is 1. The number of carbonyl (C=O) groups is 5. The van der Waals surface area contributed by atoms with Crippen molar-refractivity contribution in [3.8, 4) is 10.7 Å². The van der Waals surface area contributed by atoms with Gasteiger partial charge in [0.15, 0.2) is 29.7 Å². The second-order valence-electron chi connectivity index (χ2n) is 8.67. The van der Waals surface area contributed by atoms with Crippen LogP contribution in [0.3, 0.4) is 0 Å². The number of carbonyl (C=O) groups excluding carboxylic acids is 5. The smallest absolute Gasteiger partial charge is 0.303 e. The predicted octanol–water partition coefficient (Wildman–Crippen LogP) is 2.09. The van der Waals surface area contributed by atoms with Gasteiger partial charge in [-0.3, -0.25) is 33.9 Å². The first-order valence-corrected chi connectivity index (χ1v) is 13.8. The molecule has 1 fully saturated rings. The molecule has 0 aromatic carbocycles. The van der Waals surface area contributed by atoms with Gasteiger partial charge in [0.1, 0.15) is 23.4 Å². The number of hydrogen-bond donors (Lipinski definition) is 1. The van der Waals surface area contributed by atoms with E-state index >= 15 is 0 Å². The van der Waals surface area contributed by atoms with Crippen molar-refractivity contribution in [2.24, 2.45) is 0 Å². The van der Waals surface area contributed by atoms with E-state index in [0.717, 1.165) is 22.7 Å². The Morgan fingerprint density at radius 3 is 2.28 bits per heavy atom. The first-order chi connectivity index (χ1) is 22.6. The lowest BCUT2D eigenvalue weighted by Crippen LogP contribution is -2.64. The minimum absolute atomic E-state index is 0.0654. The van der Waals surface area contributed by atoms with Crippen LogP contribution in [0.2, 0.25) is 0 Å². The molecule has 3 aromatic rings. The summed E-state index contributed by atoms with van der Waals surface area (Å²) in [5.74, 6) is -4.65. The van der Waals surface area contributed by atoms with Crippen LogP contribution in [0.4, 0.5) is 5.13 Å². The molecule has 1 unspecified atom stereocenters. The second-order valence-corrected chi connectivity index (χ2v) is 10.7. The number of anilines is 1. The lowest BCUT2D eigenvalue weighted by atomic mass is 9.97. The molecule has 0 amide bonds. The molecule has 4 heterocycles. The zero-order valence-electron chi connectivity index (χ0n) is 26.4. The maximum atomic E-state index is 13.4. The summed E-state index contributed by atoms with van der Waals surface area (Å²) < 4.78 is 56.4. The first-order valence-electron chi connectivity index (χ1n) is 15.0. The zero-order chi connectivity index (χ0) is 34.1. The molecule has 0 saturated carbocycles. The standard InChI is InChI=1S/C26H27N5O10S2/c1-11-23(43-25(30-11)16-8-27-6-7-28-16)19(36)18-9-29-26(42-18)31-24-22(40-15(5)35)21(39-14(4)34)20(38-13(3)33)17(41-24)10-37-12(2)32/h6-9,17,20-22,24H,10H2,1-5H3,(H,29,31)/t17-,20-,21+,22+,24?/m1/s1/i2D,3D,4D,5D. The third-order valence-electron chi connectivity index (χ3n) is 5.63. The van der Waals surface area contributed by atoms with E-state index < -0.39 is 94.5 Å². The van der Waals surface area contributed by atoms with E-state index in [0.29, 0.717) is 21.3 Å². The van der Waals surface area contributed by atoms with Crippen LogP contribution in [0.25, 0.3) is 10.7 Å². The van der Waals surface area contributed by atoms with Gasteiger partial charge in [-0.25, -0.2) is 9.97 Å². The number of hydrogen-bond acceptors (Lipinski definition) is 17. The average molecular weight is 638 g/mol. The Morgan fingerprint density at radius 2 is 1.60 bits per heavy atom. The molecule has 1 aliphatic rings. The van der Waals surface area contributed by atoms with Gasteiger partial charge in [0.2, 0.25) is 5.78 Å². The lowest BCUT2D eigenvalue weighted by Gasteiger charge is -2.44. The molecule has 1 N–H and O–H groups in total. The Kier molecular flexibility index (Phi) is 8.41. The van der Waals surface area contributed by atoms with Crippen molar-refractivity contribution < 1.29 is 53.1 Å². The predicted molar refractivity (Wildman–Crippen MR) is 149 cm³/mol. The van der Waals surface area contributed by atoms with Gasteiger partial charge >= 0.3 is 23.9 Å². The van der Waals surface area contributed by atoms with E-state index in [1.165, 1.54) is 24.8 Å². The largest absolute Gasteiger partial charge is 0.463 e. The molecule has 1 aliphatic heterocycles. The minimum atomic E-state index is -1.68. The molecule has 15 nitrogen and oxygen atoms in total. The maximum absolute atomic E-state index is 13.4. The van der Waals surface area contributed by atoms with E-state index in [4.69, 9.17) is 29.2 Å². The monoisotopic (exact) mass is 637 g/mol. The van der Waals surface area contributed by atoms with Crippen LogP contribution in [0.1, 0.15) is 53.3 Å². The van der Waals surface area contributed by atoms with Gasteiger partial charge in [0.05, 0.1) is 27.8 Å². The number of nitrogens with zero attached hydrogens (tertiary/aromatic N) is 4. The summed E-state index contributed by atoms with van der Waals surface area (Å²) in [6.45, 7) is -2.30. The van der Waals surface area contributed by atoms with Gasteiger partial charge in [-0.15, -0.1) is 11.3 Å². The highest BCUT2D eigenvalue weighted by molar-refractivity contribution is 7.20. The highest BCUT2D eigenvalue weighted by Gasteiger charge is 2.52. The summed E-state index contributed by atoms with van der Waals surface area (Å²) in [4.78, 5) is 79.4. The molecule has 1 saturated heterocycles. The Morgan fingerprint density at radius 1 is 0.907 bits per heavy atom. The van der Waals surface area contributed by atoms with E-state index in [9.17, 15) is 24.0 Å². The van der Waals surface area contributed by atoms with Gasteiger partial charge in [0, 0.05) is 45.5 Å². The third-order valence-corrected chi connectivity index (χ3v) is 7.73. The molecular formula is C26H27N5O10S2. The molecule has 4 rings (SSSR count). The number of aromatic nitrogens is 4. The third kappa shape index (κ3) is 7.94. The maximum Gasteiger partial charge on any atom is 0.303 e. The fourth-order valence-electron chi connectivity index (χ4n) is 4.01. The molecule has 0 spiro atoms. The molecule has 0 bridgehead atoms. The van der Waals surface area contributed by atoms with Gasteiger partial charge < -0.3 is 29.0 Å². The first kappa shape index (κ1) is 26.3. The SMILES string of the molecule is [2H]CC(=O)OC[C@H]1OC(Nc2ncc(C(=O)c3sc(-c4cnccn4)nc3C)s2)[C@@H](OC(=O)C[2H])[C@@H](OC(=O)C[2H])[C@@H]1OC(=O)C[2H]. The van der Waals surface area contributed by atoms with E-state index in [-0.39, 0.29) is 10.0 Å². The molecule has 5 atom stereocenters. The summed E-state index contributed by atoms with van der Waals surface area (Å²) in [6, 6.07) is 0. The summed E-state index contributed by atoms with van der Waals surface area (Å²) in [6.07, 6.45) is -1.99. The highest BCUT2D eigenvalue weighted by Crippen LogP contribution is 2.33. The number of ether oxygens (including phenoxy) is 5. The van der Waals surface area contributed by atoms with Crippen molar-refractivity contribution >= 4 is 57.5 Å². The van der Waals surface area contributed by atoms with Crippen molar-refractivity contribution in [2.75, 3.05) is 11.9 Å². The molecule has 0 radical (unpaired) electrons. The van der Waals surface area contributed by atoms with Crippen LogP contribution in [0, 0.1) is 6.92 Å². The van der Waals surface area contributed by atoms with Crippen LogP contribution in [-0.4, -0.2) is 86.8 Å². The van der Waals surface area contributed by atoms with Crippen molar-refractivity contribution in [2.45, 2.75) is 65.2 Å². The van der Waals surface area contributed by atoms with Crippen molar-refractivity contribution in [3.05, 3.63) is 40.2 Å². The van der Waals surface area contributed by atoms with Crippen LogP contribution < -0.4 is 5.32 Å². The number of rotatable bonds is 10. The summed E-state index contributed by atoms with van der Waals surface area (Å²) >= 11 is 2.01. The van der Waals surface area contributed by atoms with E-state index in [1.54, 1.807) is 6.92 Å². The van der Waals surface area contributed by atoms with E-state index in [2.05, 4.69) is 25.3 Å². The van der Waals surface area contributed by atoms with Gasteiger partial charge in [-0.05, 0) is 6.92 Å². The number of esters is 4. The van der Waals surface area contributed by atoms with E-state index in [1.807, 2.05) is 0 Å². The highest BCUT2D eigenvalue weighted by atomic mass is 32.1. The van der Waals surface area contributed by atoms with Gasteiger partial charge in [-0.1, -0.05) is 11.3 Å². The Balaban J connectivity index is 1.65. The normalized spacial score (nSPS) is 22.6. The fourth-order valence-corrected chi connectivity index (χ4v) is 5.84. The Labute approximate surface area is 258 Å². The number of ketones is 1. The molecule has 17 heteroatoms. The lowest BCUT2D eigenvalue weighted by molar-refractivity contribution is -0.247. The van der Waals surface area contributed by atoms with Crippen molar-refractivity contribution in [1.82, 2.24) is 19.9 Å². The van der Waals surface area contributed by atoms with Crippen LogP contribution in [0.15, 0.2) is 24.8 Å². The quantitative estimate of drug-likeness (QED) is 0.193. The zero-order valence-corrected chi connectivity index (χ0v) is 24.1. The Bertz CT molecular complexity index is 1600. The summed E-state index contributed by atoms with van der Waals surface area (Å²) in [5, 5.41) is 3.40. The van der Waals surface area contributed by atoms with Crippen LogP contribution in [0.5, 0.6) is 0 Å². The average Bonchev–Trinajstić information content (AvgIpc) is 3.72. The van der Waals surface area contributed by atoms with Crippen molar-refractivity contribution in [3.63, 3.8) is 0 Å². The second kappa shape index (κ2) is 13.7. The number of thiazole rings is 2. The minimum Gasteiger partial charge on any atom is -0.463 e.